The summed E-state index contributed by atoms with van der Waals surface area (Å²) in [5.74, 6) is 0. The molecule has 0 unspecified atom stereocenters. The standard InChI is InChI=1S/C19H33N5O/c1-8-24-15(3)17(14(2)22-24)13-23(9-10-25-7)12-16-11-18(21-20-16)19(4,5)6/h11H,8-10,12-13H2,1-7H3,(H,20,21). The highest BCUT2D eigenvalue weighted by atomic mass is 16.5. The van der Waals surface area contributed by atoms with Gasteiger partial charge in [0.05, 0.1) is 18.0 Å². The smallest absolute Gasteiger partial charge is 0.0678 e. The number of nitrogens with zero attached hydrogens (tertiary/aromatic N) is 4. The van der Waals surface area contributed by atoms with Crippen molar-refractivity contribution < 1.29 is 4.74 Å². The Morgan fingerprint density at radius 2 is 1.96 bits per heavy atom. The molecule has 0 aliphatic carbocycles. The third-order valence-corrected chi connectivity index (χ3v) is 4.62. The van der Waals surface area contributed by atoms with E-state index < -0.39 is 0 Å². The van der Waals surface area contributed by atoms with Crippen LogP contribution in [0.25, 0.3) is 0 Å². The third-order valence-electron chi connectivity index (χ3n) is 4.62. The van der Waals surface area contributed by atoms with Gasteiger partial charge in [0.25, 0.3) is 0 Å². The van der Waals surface area contributed by atoms with Crippen molar-refractivity contribution in [3.63, 3.8) is 0 Å². The zero-order chi connectivity index (χ0) is 18.6. The third kappa shape index (κ3) is 4.92. The number of aromatic nitrogens is 4. The Hall–Kier alpha value is -1.66. The van der Waals surface area contributed by atoms with Crippen molar-refractivity contribution in [3.05, 3.63) is 34.4 Å². The summed E-state index contributed by atoms with van der Waals surface area (Å²) in [4.78, 5) is 2.39. The van der Waals surface area contributed by atoms with Gasteiger partial charge in [-0.2, -0.15) is 10.2 Å². The van der Waals surface area contributed by atoms with Gasteiger partial charge in [0.2, 0.25) is 0 Å². The zero-order valence-corrected chi connectivity index (χ0v) is 16.8. The average molecular weight is 348 g/mol. The molecule has 0 saturated heterocycles. The van der Waals surface area contributed by atoms with Gasteiger partial charge in [0.15, 0.2) is 0 Å². The minimum absolute atomic E-state index is 0.0571. The number of ether oxygens (including phenoxy) is 1. The van der Waals surface area contributed by atoms with Crippen molar-refractivity contribution in [2.45, 2.75) is 66.6 Å². The fraction of sp³-hybridized carbons (Fsp3) is 0.684. The molecule has 0 atom stereocenters. The van der Waals surface area contributed by atoms with Crippen molar-refractivity contribution in [1.82, 2.24) is 24.9 Å². The number of aromatic amines is 1. The number of aryl methyl sites for hydroxylation is 2. The Morgan fingerprint density at radius 1 is 1.24 bits per heavy atom. The molecule has 6 nitrogen and oxygen atoms in total. The van der Waals surface area contributed by atoms with E-state index in [2.05, 4.69) is 72.5 Å². The summed E-state index contributed by atoms with van der Waals surface area (Å²) in [6.45, 7) is 17.1. The van der Waals surface area contributed by atoms with Crippen LogP contribution in [0.15, 0.2) is 6.07 Å². The van der Waals surface area contributed by atoms with Gasteiger partial charge in [0, 0.05) is 55.7 Å². The molecule has 2 aromatic rings. The first-order valence-corrected chi connectivity index (χ1v) is 9.05. The van der Waals surface area contributed by atoms with Gasteiger partial charge in [-0.15, -0.1) is 0 Å². The second-order valence-corrected chi connectivity index (χ2v) is 7.70. The molecule has 0 radical (unpaired) electrons. The van der Waals surface area contributed by atoms with Crippen LogP contribution in [0.5, 0.6) is 0 Å². The normalized spacial score (nSPS) is 12.3. The molecule has 0 aromatic carbocycles. The van der Waals surface area contributed by atoms with Gasteiger partial charge >= 0.3 is 0 Å². The fourth-order valence-corrected chi connectivity index (χ4v) is 3.00. The Labute approximate surface area is 151 Å². The number of nitrogens with one attached hydrogen (secondary N) is 1. The quantitative estimate of drug-likeness (QED) is 0.797. The van der Waals surface area contributed by atoms with Crippen LogP contribution in [0, 0.1) is 13.8 Å². The minimum atomic E-state index is 0.0571. The van der Waals surface area contributed by atoms with Gasteiger partial charge in [-0.25, -0.2) is 0 Å². The summed E-state index contributed by atoms with van der Waals surface area (Å²) < 4.78 is 7.38. The predicted molar refractivity (Wildman–Crippen MR) is 101 cm³/mol. The highest BCUT2D eigenvalue weighted by Crippen LogP contribution is 2.22. The van der Waals surface area contributed by atoms with Crippen molar-refractivity contribution in [2.75, 3.05) is 20.3 Å². The Bertz CT molecular complexity index is 681. The molecule has 2 heterocycles. The maximum absolute atomic E-state index is 5.31. The average Bonchev–Trinajstić information content (AvgIpc) is 3.12. The number of hydrogen-bond acceptors (Lipinski definition) is 4. The molecule has 1 N–H and O–H groups in total. The summed E-state index contributed by atoms with van der Waals surface area (Å²) in [7, 11) is 1.75. The molecule has 0 aliphatic rings. The lowest BCUT2D eigenvalue weighted by Crippen LogP contribution is -2.27. The van der Waals surface area contributed by atoms with Crippen LogP contribution in [-0.2, 0) is 29.8 Å². The molecule has 2 rings (SSSR count). The zero-order valence-electron chi connectivity index (χ0n) is 16.8. The highest BCUT2D eigenvalue weighted by Gasteiger charge is 2.19. The molecule has 0 aliphatic heterocycles. The summed E-state index contributed by atoms with van der Waals surface area (Å²) in [6, 6.07) is 2.18. The lowest BCUT2D eigenvalue weighted by atomic mass is 9.92. The fourth-order valence-electron chi connectivity index (χ4n) is 3.00. The van der Waals surface area contributed by atoms with Crippen LogP contribution in [0.2, 0.25) is 0 Å². The molecule has 2 aromatic heterocycles. The van der Waals surface area contributed by atoms with E-state index in [1.165, 1.54) is 11.3 Å². The van der Waals surface area contributed by atoms with Crippen LogP contribution in [0.1, 0.15) is 56.0 Å². The van der Waals surface area contributed by atoms with Crippen LogP contribution < -0.4 is 0 Å². The molecular weight excluding hydrogens is 314 g/mol. The van der Waals surface area contributed by atoms with Crippen LogP contribution in [0.3, 0.4) is 0 Å². The molecule has 0 bridgehead atoms. The molecule has 140 valence electrons. The van der Waals surface area contributed by atoms with Gasteiger partial charge in [-0.05, 0) is 26.8 Å². The second kappa shape index (κ2) is 8.15. The molecule has 0 amide bonds. The number of methoxy groups -OCH3 is 1. The van der Waals surface area contributed by atoms with E-state index in [1.807, 2.05) is 0 Å². The van der Waals surface area contributed by atoms with Crippen molar-refractivity contribution >= 4 is 0 Å². The maximum atomic E-state index is 5.31. The summed E-state index contributed by atoms with van der Waals surface area (Å²) in [5.41, 5.74) is 5.97. The van der Waals surface area contributed by atoms with Crippen LogP contribution in [-0.4, -0.2) is 45.1 Å². The summed E-state index contributed by atoms with van der Waals surface area (Å²) in [5, 5.41) is 12.3. The van der Waals surface area contributed by atoms with Gasteiger partial charge < -0.3 is 4.74 Å². The Kier molecular flexibility index (Phi) is 6.41. The van der Waals surface area contributed by atoms with Crippen molar-refractivity contribution in [3.8, 4) is 0 Å². The molecular formula is C19H33N5O. The lowest BCUT2D eigenvalue weighted by Gasteiger charge is -2.21. The van der Waals surface area contributed by atoms with E-state index in [1.54, 1.807) is 7.11 Å². The summed E-state index contributed by atoms with van der Waals surface area (Å²) in [6.07, 6.45) is 0. The van der Waals surface area contributed by atoms with E-state index in [-0.39, 0.29) is 5.41 Å². The van der Waals surface area contributed by atoms with E-state index in [0.717, 1.165) is 43.3 Å². The first kappa shape index (κ1) is 19.7. The van der Waals surface area contributed by atoms with Crippen LogP contribution >= 0.6 is 0 Å². The maximum Gasteiger partial charge on any atom is 0.0678 e. The van der Waals surface area contributed by atoms with E-state index in [4.69, 9.17) is 4.74 Å². The monoisotopic (exact) mass is 347 g/mol. The molecule has 6 heteroatoms. The number of rotatable bonds is 8. The first-order chi connectivity index (χ1) is 11.8. The molecule has 0 spiro atoms. The largest absolute Gasteiger partial charge is 0.383 e. The minimum Gasteiger partial charge on any atom is -0.383 e. The van der Waals surface area contributed by atoms with Crippen molar-refractivity contribution in [2.24, 2.45) is 0 Å². The predicted octanol–water partition coefficient (Wildman–Crippen LogP) is 3.19. The first-order valence-electron chi connectivity index (χ1n) is 9.05. The topological polar surface area (TPSA) is 59.0 Å². The number of H-pyrrole nitrogens is 1. The Balaban J connectivity index is 2.16. The highest BCUT2D eigenvalue weighted by molar-refractivity contribution is 5.24. The number of hydrogen-bond donors (Lipinski definition) is 1. The molecule has 0 saturated carbocycles. The van der Waals surface area contributed by atoms with E-state index >= 15 is 0 Å². The summed E-state index contributed by atoms with van der Waals surface area (Å²) >= 11 is 0. The molecule has 0 fully saturated rings. The Morgan fingerprint density at radius 3 is 2.48 bits per heavy atom. The lowest BCUT2D eigenvalue weighted by molar-refractivity contribution is 0.139. The molecule has 25 heavy (non-hydrogen) atoms. The van der Waals surface area contributed by atoms with E-state index in [0.29, 0.717) is 6.61 Å². The van der Waals surface area contributed by atoms with Gasteiger partial charge in [-0.3, -0.25) is 14.7 Å². The van der Waals surface area contributed by atoms with E-state index in [9.17, 15) is 0 Å². The second-order valence-electron chi connectivity index (χ2n) is 7.70. The van der Waals surface area contributed by atoms with Crippen LogP contribution in [0.4, 0.5) is 0 Å². The SMILES string of the molecule is CCn1nc(C)c(CN(CCOC)Cc2cc(C(C)(C)C)n[nH]2)c1C. The van der Waals surface area contributed by atoms with Gasteiger partial charge in [0.1, 0.15) is 0 Å². The van der Waals surface area contributed by atoms with Crippen molar-refractivity contribution in [1.29, 1.82) is 0 Å². The van der Waals surface area contributed by atoms with Gasteiger partial charge in [-0.1, -0.05) is 20.8 Å².